The number of rotatable bonds is 3. The van der Waals surface area contributed by atoms with Gasteiger partial charge in [0.1, 0.15) is 0 Å². The molecule has 2 unspecified atom stereocenters. The van der Waals surface area contributed by atoms with Crippen LogP contribution in [0.3, 0.4) is 0 Å². The molecule has 122 valence electrons. The molecular formula is C16H18F2N4O. The third kappa shape index (κ3) is 3.39. The molecule has 0 spiro atoms. The highest BCUT2D eigenvalue weighted by Crippen LogP contribution is 2.27. The number of piperidine rings is 1. The minimum atomic E-state index is -0.863. The van der Waals surface area contributed by atoms with Gasteiger partial charge >= 0.3 is 0 Å². The van der Waals surface area contributed by atoms with Gasteiger partial charge in [-0.15, -0.1) is 0 Å². The predicted molar refractivity (Wildman–Crippen MR) is 81.0 cm³/mol. The average molecular weight is 320 g/mol. The highest BCUT2D eigenvalue weighted by Gasteiger charge is 2.28. The standard InChI is InChI=1S/C16H18F2N4O/c1-22-9-11(7-20-22)16(23)21-15-8-19-5-4-12(15)10-2-3-13(17)14(18)6-10/h2-3,6-7,9,12,15,19H,4-5,8H2,1H3,(H,21,23). The number of hydrogen-bond donors (Lipinski definition) is 2. The van der Waals surface area contributed by atoms with Gasteiger partial charge in [0.25, 0.3) is 5.91 Å². The number of aromatic nitrogens is 2. The van der Waals surface area contributed by atoms with Gasteiger partial charge in [0.15, 0.2) is 11.6 Å². The lowest BCUT2D eigenvalue weighted by Gasteiger charge is -2.33. The molecule has 2 aromatic rings. The first-order valence-electron chi connectivity index (χ1n) is 7.50. The average Bonchev–Trinajstić information content (AvgIpc) is 2.97. The molecule has 1 aliphatic heterocycles. The molecule has 2 heterocycles. The van der Waals surface area contributed by atoms with Crippen LogP contribution in [-0.4, -0.2) is 34.8 Å². The number of benzene rings is 1. The first-order chi connectivity index (χ1) is 11.0. The van der Waals surface area contributed by atoms with Crippen LogP contribution in [-0.2, 0) is 7.05 Å². The third-order valence-corrected chi connectivity index (χ3v) is 4.14. The monoisotopic (exact) mass is 320 g/mol. The molecule has 7 heteroatoms. The lowest BCUT2D eigenvalue weighted by atomic mass is 9.86. The van der Waals surface area contributed by atoms with Crippen molar-refractivity contribution in [3.05, 3.63) is 53.4 Å². The van der Waals surface area contributed by atoms with Gasteiger partial charge in [-0.2, -0.15) is 5.10 Å². The molecule has 0 aliphatic carbocycles. The van der Waals surface area contributed by atoms with E-state index in [-0.39, 0.29) is 17.9 Å². The number of carbonyl (C=O) groups is 1. The van der Waals surface area contributed by atoms with E-state index in [1.54, 1.807) is 24.0 Å². The maximum atomic E-state index is 13.5. The van der Waals surface area contributed by atoms with Crippen LogP contribution in [0, 0.1) is 11.6 Å². The van der Waals surface area contributed by atoms with Crippen molar-refractivity contribution in [1.29, 1.82) is 0 Å². The summed E-state index contributed by atoms with van der Waals surface area (Å²) >= 11 is 0. The number of nitrogens with one attached hydrogen (secondary N) is 2. The molecule has 1 aromatic carbocycles. The zero-order valence-electron chi connectivity index (χ0n) is 12.7. The number of aryl methyl sites for hydroxylation is 1. The molecule has 3 rings (SSSR count). The Kier molecular flexibility index (Phi) is 4.38. The lowest BCUT2D eigenvalue weighted by molar-refractivity contribution is 0.0924. The minimum Gasteiger partial charge on any atom is -0.347 e. The van der Waals surface area contributed by atoms with Crippen LogP contribution in [0.15, 0.2) is 30.6 Å². The molecule has 5 nitrogen and oxygen atoms in total. The van der Waals surface area contributed by atoms with E-state index in [9.17, 15) is 13.6 Å². The summed E-state index contributed by atoms with van der Waals surface area (Å²) in [7, 11) is 1.74. The zero-order chi connectivity index (χ0) is 16.4. The third-order valence-electron chi connectivity index (χ3n) is 4.14. The number of hydrogen-bond acceptors (Lipinski definition) is 3. The Morgan fingerprint density at radius 1 is 1.39 bits per heavy atom. The van der Waals surface area contributed by atoms with Crippen molar-refractivity contribution in [3.63, 3.8) is 0 Å². The second-order valence-corrected chi connectivity index (χ2v) is 5.76. The molecular weight excluding hydrogens is 302 g/mol. The van der Waals surface area contributed by atoms with Gasteiger partial charge in [0, 0.05) is 31.7 Å². The van der Waals surface area contributed by atoms with Crippen LogP contribution in [0.5, 0.6) is 0 Å². The number of halogens is 2. The fraction of sp³-hybridized carbons (Fsp3) is 0.375. The first-order valence-corrected chi connectivity index (χ1v) is 7.50. The van der Waals surface area contributed by atoms with Gasteiger partial charge in [0.2, 0.25) is 0 Å². The summed E-state index contributed by atoms with van der Waals surface area (Å²) < 4.78 is 28.2. The molecule has 0 bridgehead atoms. The van der Waals surface area contributed by atoms with E-state index in [0.717, 1.165) is 19.0 Å². The van der Waals surface area contributed by atoms with Gasteiger partial charge in [-0.3, -0.25) is 9.48 Å². The summed E-state index contributed by atoms with van der Waals surface area (Å²) in [4.78, 5) is 12.3. The summed E-state index contributed by atoms with van der Waals surface area (Å²) in [6.45, 7) is 1.35. The van der Waals surface area contributed by atoms with Crippen molar-refractivity contribution in [2.24, 2.45) is 7.05 Å². The maximum absolute atomic E-state index is 13.5. The van der Waals surface area contributed by atoms with Gasteiger partial charge in [-0.05, 0) is 30.7 Å². The van der Waals surface area contributed by atoms with Crippen LogP contribution in [0.4, 0.5) is 8.78 Å². The minimum absolute atomic E-state index is 0.0630. The van der Waals surface area contributed by atoms with Gasteiger partial charge in [0.05, 0.1) is 11.8 Å². The Morgan fingerprint density at radius 2 is 2.22 bits per heavy atom. The van der Waals surface area contributed by atoms with Crippen LogP contribution >= 0.6 is 0 Å². The topological polar surface area (TPSA) is 59.0 Å². The van der Waals surface area contributed by atoms with Crippen molar-refractivity contribution < 1.29 is 13.6 Å². The van der Waals surface area contributed by atoms with Crippen LogP contribution < -0.4 is 10.6 Å². The van der Waals surface area contributed by atoms with Crippen molar-refractivity contribution in [2.75, 3.05) is 13.1 Å². The number of carbonyl (C=O) groups excluding carboxylic acids is 1. The van der Waals surface area contributed by atoms with Crippen molar-refractivity contribution in [1.82, 2.24) is 20.4 Å². The predicted octanol–water partition coefficient (Wildman–Crippen LogP) is 1.57. The van der Waals surface area contributed by atoms with Gasteiger partial charge < -0.3 is 10.6 Å². The molecule has 1 saturated heterocycles. The Balaban J connectivity index is 1.78. The van der Waals surface area contributed by atoms with Crippen LogP contribution in [0.2, 0.25) is 0 Å². The smallest absolute Gasteiger partial charge is 0.254 e. The Bertz CT molecular complexity index is 716. The van der Waals surface area contributed by atoms with Gasteiger partial charge in [-0.25, -0.2) is 8.78 Å². The number of nitrogens with zero attached hydrogens (tertiary/aromatic N) is 2. The second kappa shape index (κ2) is 6.45. The summed E-state index contributed by atoms with van der Waals surface area (Å²) in [5, 5.41) is 10.2. The normalized spacial score (nSPS) is 21.2. The van der Waals surface area contributed by atoms with Crippen molar-refractivity contribution >= 4 is 5.91 Å². The Labute approximate surface area is 132 Å². The lowest BCUT2D eigenvalue weighted by Crippen LogP contribution is -2.50. The highest BCUT2D eigenvalue weighted by atomic mass is 19.2. The number of amides is 1. The molecule has 0 saturated carbocycles. The SMILES string of the molecule is Cn1cc(C(=O)NC2CNCCC2c2ccc(F)c(F)c2)cn1. The van der Waals surface area contributed by atoms with E-state index in [1.807, 2.05) is 0 Å². The Hall–Kier alpha value is -2.28. The molecule has 1 fully saturated rings. The molecule has 2 atom stereocenters. The second-order valence-electron chi connectivity index (χ2n) is 5.76. The molecule has 1 aliphatic rings. The molecule has 2 N–H and O–H groups in total. The van der Waals surface area contributed by atoms with Crippen LogP contribution in [0.1, 0.15) is 28.3 Å². The molecule has 23 heavy (non-hydrogen) atoms. The van der Waals surface area contributed by atoms with Crippen molar-refractivity contribution in [3.8, 4) is 0 Å². The van der Waals surface area contributed by atoms with E-state index in [4.69, 9.17) is 0 Å². The van der Waals surface area contributed by atoms with E-state index >= 15 is 0 Å². The molecule has 0 radical (unpaired) electrons. The highest BCUT2D eigenvalue weighted by molar-refractivity contribution is 5.94. The Morgan fingerprint density at radius 3 is 2.91 bits per heavy atom. The quantitative estimate of drug-likeness (QED) is 0.903. The van der Waals surface area contributed by atoms with Crippen LogP contribution in [0.25, 0.3) is 0 Å². The molecule has 1 amide bonds. The summed E-state index contributed by atoms with van der Waals surface area (Å²) in [5.41, 5.74) is 1.17. The first kappa shape index (κ1) is 15.6. The van der Waals surface area contributed by atoms with Crippen molar-refractivity contribution in [2.45, 2.75) is 18.4 Å². The van der Waals surface area contributed by atoms with E-state index < -0.39 is 11.6 Å². The fourth-order valence-corrected chi connectivity index (χ4v) is 2.94. The maximum Gasteiger partial charge on any atom is 0.254 e. The van der Waals surface area contributed by atoms with E-state index in [2.05, 4.69) is 15.7 Å². The summed E-state index contributed by atoms with van der Waals surface area (Å²) in [6.07, 6.45) is 3.87. The zero-order valence-corrected chi connectivity index (χ0v) is 12.7. The summed E-state index contributed by atoms with van der Waals surface area (Å²) in [5.74, 6) is -2.01. The van der Waals surface area contributed by atoms with Gasteiger partial charge in [-0.1, -0.05) is 6.07 Å². The van der Waals surface area contributed by atoms with E-state index in [1.165, 1.54) is 12.3 Å². The molecule has 1 aromatic heterocycles. The van der Waals surface area contributed by atoms with E-state index in [0.29, 0.717) is 17.7 Å². The largest absolute Gasteiger partial charge is 0.347 e. The summed E-state index contributed by atoms with van der Waals surface area (Å²) in [6, 6.07) is 3.74. The fourth-order valence-electron chi connectivity index (χ4n) is 2.94.